The lowest BCUT2D eigenvalue weighted by Gasteiger charge is -2.02. The monoisotopic (exact) mass is 264 g/mol. The summed E-state index contributed by atoms with van der Waals surface area (Å²) in [6.45, 7) is 0. The van der Waals surface area contributed by atoms with Crippen molar-refractivity contribution in [3.63, 3.8) is 0 Å². The third-order valence-corrected chi connectivity index (χ3v) is 4.67. The quantitative estimate of drug-likeness (QED) is 0.818. The molecule has 1 aliphatic heterocycles. The fraction of sp³-hybridized carbons (Fsp3) is 0.0909. The summed E-state index contributed by atoms with van der Waals surface area (Å²) in [6.07, 6.45) is 0. The van der Waals surface area contributed by atoms with Crippen molar-refractivity contribution in [1.82, 2.24) is 10.6 Å². The van der Waals surface area contributed by atoms with Gasteiger partial charge in [-0.2, -0.15) is 0 Å². The van der Waals surface area contributed by atoms with Gasteiger partial charge in [-0.25, -0.2) is 4.79 Å². The molecule has 1 atom stereocenters. The molecule has 1 aliphatic rings. The number of nitrogens with one attached hydrogen (secondary N) is 2. The van der Waals surface area contributed by atoms with Crippen LogP contribution in [-0.4, -0.2) is 11.9 Å². The number of thiophene rings is 2. The van der Waals surface area contributed by atoms with Crippen molar-refractivity contribution in [2.24, 2.45) is 0 Å². The fourth-order valence-corrected chi connectivity index (χ4v) is 3.57. The molecule has 1 saturated heterocycles. The van der Waals surface area contributed by atoms with Crippen LogP contribution in [0, 0.1) is 0 Å². The van der Waals surface area contributed by atoms with E-state index in [-0.39, 0.29) is 5.91 Å². The summed E-state index contributed by atoms with van der Waals surface area (Å²) >= 11 is 3.18. The average molecular weight is 264 g/mol. The SMILES string of the molecule is O=C1NC(=O)C(c2ccc(-c3cccs3)s2)N1. The van der Waals surface area contributed by atoms with Gasteiger partial charge < -0.3 is 5.32 Å². The summed E-state index contributed by atoms with van der Waals surface area (Å²) in [6, 6.07) is 6.92. The fourth-order valence-electron chi connectivity index (χ4n) is 1.68. The molecule has 0 radical (unpaired) electrons. The molecule has 3 rings (SSSR count). The van der Waals surface area contributed by atoms with Crippen molar-refractivity contribution < 1.29 is 9.59 Å². The van der Waals surface area contributed by atoms with E-state index in [1.54, 1.807) is 11.3 Å². The molecule has 86 valence electrons. The summed E-state index contributed by atoms with van der Waals surface area (Å²) in [7, 11) is 0. The highest BCUT2D eigenvalue weighted by Gasteiger charge is 2.31. The maximum absolute atomic E-state index is 11.5. The van der Waals surface area contributed by atoms with Crippen molar-refractivity contribution in [3.05, 3.63) is 34.5 Å². The Labute approximate surface area is 105 Å². The molecule has 3 amide bonds. The second-order valence-electron chi connectivity index (χ2n) is 3.58. The van der Waals surface area contributed by atoms with Crippen LogP contribution in [0.5, 0.6) is 0 Å². The second kappa shape index (κ2) is 3.97. The van der Waals surface area contributed by atoms with Crippen LogP contribution >= 0.6 is 22.7 Å². The first-order valence-electron chi connectivity index (χ1n) is 4.99. The van der Waals surface area contributed by atoms with Crippen LogP contribution in [0.2, 0.25) is 0 Å². The van der Waals surface area contributed by atoms with Crippen molar-refractivity contribution in [2.75, 3.05) is 0 Å². The first-order valence-corrected chi connectivity index (χ1v) is 6.68. The summed E-state index contributed by atoms with van der Waals surface area (Å²) in [4.78, 5) is 25.7. The predicted octanol–water partition coefficient (Wildman–Crippen LogP) is 2.36. The second-order valence-corrected chi connectivity index (χ2v) is 5.64. The number of carbonyl (C=O) groups excluding carboxylic acids is 2. The predicted molar refractivity (Wildman–Crippen MR) is 67.0 cm³/mol. The molecule has 0 saturated carbocycles. The van der Waals surface area contributed by atoms with E-state index in [0.29, 0.717) is 0 Å². The van der Waals surface area contributed by atoms with E-state index in [9.17, 15) is 9.59 Å². The number of rotatable bonds is 2. The Morgan fingerprint density at radius 2 is 2.00 bits per heavy atom. The van der Waals surface area contributed by atoms with Gasteiger partial charge in [0.1, 0.15) is 6.04 Å². The highest BCUT2D eigenvalue weighted by Crippen LogP contribution is 2.34. The lowest BCUT2D eigenvalue weighted by atomic mass is 10.2. The Morgan fingerprint density at radius 3 is 2.65 bits per heavy atom. The topological polar surface area (TPSA) is 58.2 Å². The summed E-state index contributed by atoms with van der Waals surface area (Å²) in [5, 5.41) is 6.84. The van der Waals surface area contributed by atoms with Gasteiger partial charge in [0.2, 0.25) is 0 Å². The van der Waals surface area contributed by atoms with Crippen LogP contribution in [0.1, 0.15) is 10.9 Å². The zero-order valence-corrected chi connectivity index (χ0v) is 10.2. The lowest BCUT2D eigenvalue weighted by molar-refractivity contribution is -0.120. The van der Waals surface area contributed by atoms with Gasteiger partial charge in [0.05, 0.1) is 0 Å². The molecule has 3 heterocycles. The molecule has 2 aromatic rings. The van der Waals surface area contributed by atoms with Crippen LogP contribution in [0.4, 0.5) is 4.79 Å². The minimum absolute atomic E-state index is 0.283. The number of amides is 3. The van der Waals surface area contributed by atoms with Gasteiger partial charge in [-0.05, 0) is 23.6 Å². The van der Waals surface area contributed by atoms with Crippen molar-refractivity contribution >= 4 is 34.6 Å². The van der Waals surface area contributed by atoms with E-state index < -0.39 is 12.1 Å². The Morgan fingerprint density at radius 1 is 1.12 bits per heavy atom. The van der Waals surface area contributed by atoms with Gasteiger partial charge in [-0.1, -0.05) is 6.07 Å². The molecule has 1 unspecified atom stereocenters. The maximum Gasteiger partial charge on any atom is 0.322 e. The third kappa shape index (κ3) is 1.85. The normalized spacial score (nSPS) is 19.2. The number of hydrogen-bond acceptors (Lipinski definition) is 4. The van der Waals surface area contributed by atoms with Crippen LogP contribution < -0.4 is 10.6 Å². The van der Waals surface area contributed by atoms with Crippen LogP contribution in [-0.2, 0) is 4.79 Å². The van der Waals surface area contributed by atoms with E-state index in [0.717, 1.165) is 9.75 Å². The number of imide groups is 1. The molecule has 0 aliphatic carbocycles. The van der Waals surface area contributed by atoms with Crippen LogP contribution in [0.25, 0.3) is 9.75 Å². The van der Waals surface area contributed by atoms with E-state index in [1.165, 1.54) is 16.2 Å². The first-order chi connectivity index (χ1) is 8.24. The molecule has 0 spiro atoms. The highest BCUT2D eigenvalue weighted by molar-refractivity contribution is 7.21. The zero-order valence-electron chi connectivity index (χ0n) is 8.60. The Bertz CT molecular complexity index is 574. The van der Waals surface area contributed by atoms with E-state index >= 15 is 0 Å². The highest BCUT2D eigenvalue weighted by atomic mass is 32.1. The Hall–Kier alpha value is -1.66. The van der Waals surface area contributed by atoms with Crippen molar-refractivity contribution in [3.8, 4) is 9.75 Å². The largest absolute Gasteiger partial charge is 0.322 e. The van der Waals surface area contributed by atoms with Crippen LogP contribution in [0.3, 0.4) is 0 Å². The van der Waals surface area contributed by atoms with Gasteiger partial charge in [0.25, 0.3) is 5.91 Å². The smallest absolute Gasteiger partial charge is 0.321 e. The molecule has 17 heavy (non-hydrogen) atoms. The van der Waals surface area contributed by atoms with Crippen LogP contribution in [0.15, 0.2) is 29.6 Å². The first kappa shape index (κ1) is 10.5. The zero-order chi connectivity index (χ0) is 11.8. The summed E-state index contributed by atoms with van der Waals surface area (Å²) in [5.41, 5.74) is 0. The molecule has 4 nitrogen and oxygen atoms in total. The van der Waals surface area contributed by atoms with Gasteiger partial charge >= 0.3 is 6.03 Å². The molecule has 2 aromatic heterocycles. The average Bonchev–Trinajstić information content (AvgIpc) is 2.97. The standard InChI is InChI=1S/C11H8N2O2S2/c14-10-9(12-11(15)13-10)8-4-3-7(17-8)6-2-1-5-16-6/h1-5,9H,(H2,12,13,14,15). The lowest BCUT2D eigenvalue weighted by Crippen LogP contribution is -2.22. The maximum atomic E-state index is 11.5. The van der Waals surface area contributed by atoms with E-state index in [4.69, 9.17) is 0 Å². The molecule has 0 bridgehead atoms. The van der Waals surface area contributed by atoms with Gasteiger partial charge in [0.15, 0.2) is 0 Å². The van der Waals surface area contributed by atoms with Crippen molar-refractivity contribution in [2.45, 2.75) is 6.04 Å². The summed E-state index contributed by atoms with van der Waals surface area (Å²) < 4.78 is 0. The minimum atomic E-state index is -0.541. The Balaban J connectivity index is 1.91. The number of urea groups is 1. The molecule has 1 fully saturated rings. The molecule has 6 heteroatoms. The Kier molecular flexibility index (Phi) is 2.45. The van der Waals surface area contributed by atoms with Gasteiger partial charge in [-0.15, -0.1) is 22.7 Å². The van der Waals surface area contributed by atoms with E-state index in [1.807, 2.05) is 29.6 Å². The third-order valence-electron chi connectivity index (χ3n) is 2.45. The van der Waals surface area contributed by atoms with Gasteiger partial charge in [0, 0.05) is 14.6 Å². The number of carbonyl (C=O) groups is 2. The molecule has 0 aromatic carbocycles. The van der Waals surface area contributed by atoms with Gasteiger partial charge in [-0.3, -0.25) is 10.1 Å². The number of hydrogen-bond donors (Lipinski definition) is 2. The molecular weight excluding hydrogens is 256 g/mol. The summed E-state index contributed by atoms with van der Waals surface area (Å²) in [5.74, 6) is -0.283. The minimum Gasteiger partial charge on any atom is -0.321 e. The van der Waals surface area contributed by atoms with Crippen molar-refractivity contribution in [1.29, 1.82) is 0 Å². The molecule has 2 N–H and O–H groups in total. The molecular formula is C11H8N2O2S2. The van der Waals surface area contributed by atoms with E-state index in [2.05, 4.69) is 10.6 Å².